The number of rotatable bonds is 3. The molecule has 0 aromatic heterocycles. The highest BCUT2D eigenvalue weighted by Gasteiger charge is 2.32. The van der Waals surface area contributed by atoms with E-state index in [9.17, 15) is 14.4 Å². The minimum Gasteiger partial charge on any atom is -0.461 e. The van der Waals surface area contributed by atoms with Crippen LogP contribution in [0.2, 0.25) is 0 Å². The maximum Gasteiger partial charge on any atom is 0.344 e. The molecule has 4 rings (SSSR count). The third-order valence-electron chi connectivity index (χ3n) is 4.32. The number of benzene rings is 2. The fourth-order valence-corrected chi connectivity index (χ4v) is 3.24. The standard InChI is InChI=1S/C19H13NO4/c21-17-9-15(18(22)20-17)19(23)24-10-16-13-7-3-1-5-11(13)12-6-2-4-8-14(12)16/h1-9,16H,10H2,(H,20,21,22). The van der Waals surface area contributed by atoms with Crippen LogP contribution in [-0.2, 0) is 19.1 Å². The zero-order valence-electron chi connectivity index (χ0n) is 12.6. The van der Waals surface area contributed by atoms with E-state index in [-0.39, 0.29) is 18.1 Å². The Hall–Kier alpha value is -3.21. The number of amides is 2. The van der Waals surface area contributed by atoms with Crippen LogP contribution in [0.1, 0.15) is 17.0 Å². The molecule has 0 spiro atoms. The molecule has 2 aromatic carbocycles. The Morgan fingerprint density at radius 3 is 2.08 bits per heavy atom. The monoisotopic (exact) mass is 319 g/mol. The van der Waals surface area contributed by atoms with E-state index in [1.165, 1.54) is 0 Å². The van der Waals surface area contributed by atoms with Crippen LogP contribution in [-0.4, -0.2) is 24.4 Å². The Morgan fingerprint density at radius 2 is 1.54 bits per heavy atom. The number of hydrogen-bond acceptors (Lipinski definition) is 4. The van der Waals surface area contributed by atoms with Gasteiger partial charge in [0.2, 0.25) is 0 Å². The van der Waals surface area contributed by atoms with Gasteiger partial charge in [0, 0.05) is 12.0 Å². The lowest BCUT2D eigenvalue weighted by molar-refractivity contribution is -0.140. The van der Waals surface area contributed by atoms with Crippen molar-refractivity contribution in [2.45, 2.75) is 5.92 Å². The summed E-state index contributed by atoms with van der Waals surface area (Å²) >= 11 is 0. The van der Waals surface area contributed by atoms with E-state index in [1.54, 1.807) is 0 Å². The molecule has 5 heteroatoms. The van der Waals surface area contributed by atoms with Gasteiger partial charge in [0.15, 0.2) is 0 Å². The zero-order valence-corrected chi connectivity index (χ0v) is 12.6. The lowest BCUT2D eigenvalue weighted by Crippen LogP contribution is -2.25. The molecule has 0 unspecified atom stereocenters. The maximum atomic E-state index is 12.1. The molecule has 2 amide bonds. The SMILES string of the molecule is O=C1C=C(C(=O)OCC2c3ccccc3-c3ccccc32)C(=O)N1. The molecule has 5 nitrogen and oxygen atoms in total. The highest BCUT2D eigenvalue weighted by molar-refractivity contribution is 6.28. The molecule has 1 aliphatic carbocycles. The van der Waals surface area contributed by atoms with Crippen molar-refractivity contribution in [3.8, 4) is 11.1 Å². The third-order valence-corrected chi connectivity index (χ3v) is 4.32. The summed E-state index contributed by atoms with van der Waals surface area (Å²) in [5.74, 6) is -2.16. The quantitative estimate of drug-likeness (QED) is 0.533. The summed E-state index contributed by atoms with van der Waals surface area (Å²) in [7, 11) is 0. The van der Waals surface area contributed by atoms with Crippen LogP contribution in [0.4, 0.5) is 0 Å². The van der Waals surface area contributed by atoms with Crippen LogP contribution >= 0.6 is 0 Å². The number of nitrogens with one attached hydrogen (secondary N) is 1. The van der Waals surface area contributed by atoms with Crippen LogP contribution in [0, 0.1) is 0 Å². The van der Waals surface area contributed by atoms with Gasteiger partial charge in [-0.2, -0.15) is 0 Å². The molecule has 0 bridgehead atoms. The predicted molar refractivity (Wildman–Crippen MR) is 85.9 cm³/mol. The molecule has 1 heterocycles. The van der Waals surface area contributed by atoms with E-state index in [1.807, 2.05) is 53.8 Å². The summed E-state index contributed by atoms with van der Waals surface area (Å²) in [6.45, 7) is 0.117. The van der Waals surface area contributed by atoms with E-state index >= 15 is 0 Å². The zero-order chi connectivity index (χ0) is 16.7. The first-order valence-corrected chi connectivity index (χ1v) is 7.57. The van der Waals surface area contributed by atoms with E-state index in [0.717, 1.165) is 28.3 Å². The molecule has 0 fully saturated rings. The van der Waals surface area contributed by atoms with Crippen LogP contribution in [0.5, 0.6) is 0 Å². The predicted octanol–water partition coefficient (Wildman–Crippen LogP) is 1.92. The van der Waals surface area contributed by atoms with E-state index in [0.29, 0.717) is 0 Å². The van der Waals surface area contributed by atoms with Gasteiger partial charge in [-0.1, -0.05) is 48.5 Å². The van der Waals surface area contributed by atoms with Crippen molar-refractivity contribution in [1.82, 2.24) is 5.32 Å². The van der Waals surface area contributed by atoms with Gasteiger partial charge in [-0.3, -0.25) is 14.9 Å². The molecule has 0 saturated carbocycles. The Bertz CT molecular complexity index is 868. The summed E-state index contributed by atoms with van der Waals surface area (Å²) in [5.41, 5.74) is 4.18. The summed E-state index contributed by atoms with van der Waals surface area (Å²) in [6.07, 6.45) is 0.973. The lowest BCUT2D eigenvalue weighted by atomic mass is 9.98. The Labute approximate surface area is 137 Å². The molecule has 2 aliphatic rings. The van der Waals surface area contributed by atoms with Crippen molar-refractivity contribution in [2.24, 2.45) is 0 Å². The van der Waals surface area contributed by atoms with Crippen molar-refractivity contribution in [3.05, 3.63) is 71.3 Å². The van der Waals surface area contributed by atoms with Crippen LogP contribution in [0.15, 0.2) is 60.2 Å². The van der Waals surface area contributed by atoms with Gasteiger partial charge < -0.3 is 4.74 Å². The number of carbonyl (C=O) groups is 3. The highest BCUT2D eigenvalue weighted by Crippen LogP contribution is 2.44. The molecule has 0 radical (unpaired) electrons. The molecule has 24 heavy (non-hydrogen) atoms. The van der Waals surface area contributed by atoms with Gasteiger partial charge >= 0.3 is 5.97 Å². The Balaban J connectivity index is 1.59. The van der Waals surface area contributed by atoms with E-state index in [4.69, 9.17) is 4.74 Å². The van der Waals surface area contributed by atoms with Crippen molar-refractivity contribution in [3.63, 3.8) is 0 Å². The number of imide groups is 1. The molecule has 0 saturated heterocycles. The molecular formula is C19H13NO4. The van der Waals surface area contributed by atoms with Crippen LogP contribution < -0.4 is 5.32 Å². The first-order chi connectivity index (χ1) is 11.6. The summed E-state index contributed by atoms with van der Waals surface area (Å²) in [4.78, 5) is 34.7. The van der Waals surface area contributed by atoms with Crippen molar-refractivity contribution in [2.75, 3.05) is 6.61 Å². The number of carbonyl (C=O) groups excluding carboxylic acids is 3. The average molecular weight is 319 g/mol. The molecular weight excluding hydrogens is 306 g/mol. The van der Waals surface area contributed by atoms with Crippen molar-refractivity contribution >= 4 is 17.8 Å². The fourth-order valence-electron chi connectivity index (χ4n) is 3.24. The summed E-state index contributed by atoms with van der Waals surface area (Å²) < 4.78 is 5.32. The van der Waals surface area contributed by atoms with Gasteiger partial charge in [-0.05, 0) is 22.3 Å². The first-order valence-electron chi connectivity index (χ1n) is 7.57. The number of hydrogen-bond donors (Lipinski definition) is 1. The Morgan fingerprint density at radius 1 is 0.958 bits per heavy atom. The average Bonchev–Trinajstić information content (AvgIpc) is 3.10. The van der Waals surface area contributed by atoms with Gasteiger partial charge in [-0.25, -0.2) is 4.79 Å². The number of ether oxygens (including phenoxy) is 1. The van der Waals surface area contributed by atoms with Gasteiger partial charge in [-0.15, -0.1) is 0 Å². The second-order valence-electron chi connectivity index (χ2n) is 5.70. The first kappa shape index (κ1) is 14.4. The van der Waals surface area contributed by atoms with Crippen molar-refractivity contribution < 1.29 is 19.1 Å². The van der Waals surface area contributed by atoms with E-state index in [2.05, 4.69) is 0 Å². The summed E-state index contributed by atoms with van der Waals surface area (Å²) in [6, 6.07) is 16.0. The minimum atomic E-state index is -0.778. The topological polar surface area (TPSA) is 72.5 Å². The fraction of sp³-hybridized carbons (Fsp3) is 0.105. The lowest BCUT2D eigenvalue weighted by Gasteiger charge is -2.14. The number of esters is 1. The summed E-state index contributed by atoms with van der Waals surface area (Å²) in [5, 5.41) is 2.04. The minimum absolute atomic E-state index is 0.0814. The second-order valence-corrected chi connectivity index (χ2v) is 5.70. The normalized spacial score (nSPS) is 15.6. The highest BCUT2D eigenvalue weighted by atomic mass is 16.5. The molecule has 0 atom stereocenters. The smallest absolute Gasteiger partial charge is 0.344 e. The third kappa shape index (κ3) is 2.22. The molecule has 1 N–H and O–H groups in total. The van der Waals surface area contributed by atoms with Crippen LogP contribution in [0.25, 0.3) is 11.1 Å². The van der Waals surface area contributed by atoms with Crippen LogP contribution in [0.3, 0.4) is 0 Å². The van der Waals surface area contributed by atoms with Gasteiger partial charge in [0.05, 0.1) is 0 Å². The molecule has 1 aliphatic heterocycles. The van der Waals surface area contributed by atoms with Crippen molar-refractivity contribution in [1.29, 1.82) is 0 Å². The van der Waals surface area contributed by atoms with E-state index < -0.39 is 17.8 Å². The number of fused-ring (bicyclic) bond motifs is 3. The largest absolute Gasteiger partial charge is 0.461 e. The van der Waals surface area contributed by atoms with Gasteiger partial charge in [0.1, 0.15) is 12.2 Å². The second kappa shape index (κ2) is 5.45. The molecule has 2 aromatic rings. The molecule has 118 valence electrons. The van der Waals surface area contributed by atoms with Gasteiger partial charge in [0.25, 0.3) is 11.8 Å². The maximum absolute atomic E-state index is 12.1. The Kier molecular flexibility index (Phi) is 3.27.